The Hall–Kier alpha value is -2.23. The number of halogens is 2. The van der Waals surface area contributed by atoms with Crippen LogP contribution in [0.4, 0.5) is 0 Å². The van der Waals surface area contributed by atoms with Gasteiger partial charge < -0.3 is 9.47 Å². The van der Waals surface area contributed by atoms with Gasteiger partial charge in [-0.2, -0.15) is 0 Å². The minimum absolute atomic E-state index is 0.116. The number of carbonyl (C=O) groups excluding carboxylic acids is 1. The molecule has 0 unspecified atom stereocenters. The average molecular weight is 361 g/mol. The molecule has 5 heteroatoms. The smallest absolute Gasteiger partial charge is 0.185 e. The minimum Gasteiger partial charge on any atom is -0.497 e. The summed E-state index contributed by atoms with van der Waals surface area (Å²) in [5, 5.41) is 0.932. The highest BCUT2D eigenvalue weighted by Gasteiger charge is 2.16. The van der Waals surface area contributed by atoms with Crippen molar-refractivity contribution in [1.29, 1.82) is 0 Å². The summed E-state index contributed by atoms with van der Waals surface area (Å²) in [6.07, 6.45) is 5.02. The van der Waals surface area contributed by atoms with Crippen LogP contribution in [0.25, 0.3) is 12.2 Å². The molecule has 3 nitrogen and oxygen atoms in total. The molecule has 3 rings (SSSR count). The molecular formula is C19H14Cl2O3. The average Bonchev–Trinajstić information content (AvgIpc) is 2.61. The van der Waals surface area contributed by atoms with Crippen molar-refractivity contribution < 1.29 is 14.3 Å². The van der Waals surface area contributed by atoms with Crippen molar-refractivity contribution in [1.82, 2.24) is 0 Å². The molecule has 122 valence electrons. The summed E-state index contributed by atoms with van der Waals surface area (Å²) in [6, 6.07) is 10.7. The van der Waals surface area contributed by atoms with Crippen molar-refractivity contribution in [3.63, 3.8) is 0 Å². The number of fused-ring (bicyclic) bond motifs is 1. The lowest BCUT2D eigenvalue weighted by Crippen LogP contribution is -2.13. The molecule has 2 aromatic carbocycles. The number of rotatable bonds is 4. The van der Waals surface area contributed by atoms with E-state index >= 15 is 0 Å². The van der Waals surface area contributed by atoms with Crippen LogP contribution < -0.4 is 9.47 Å². The van der Waals surface area contributed by atoms with E-state index in [1.165, 1.54) is 6.08 Å². The molecule has 0 amide bonds. The number of ketones is 1. The molecule has 0 fully saturated rings. The third kappa shape index (κ3) is 3.64. The number of hydrogen-bond acceptors (Lipinski definition) is 3. The predicted molar refractivity (Wildman–Crippen MR) is 97.0 cm³/mol. The van der Waals surface area contributed by atoms with Crippen LogP contribution >= 0.6 is 23.2 Å². The first-order valence-electron chi connectivity index (χ1n) is 7.25. The molecule has 0 atom stereocenters. The van der Waals surface area contributed by atoms with Gasteiger partial charge in [0, 0.05) is 11.1 Å². The first kappa shape index (κ1) is 16.6. The second kappa shape index (κ2) is 7.12. The van der Waals surface area contributed by atoms with Crippen molar-refractivity contribution in [3.8, 4) is 11.5 Å². The number of carbonyl (C=O) groups is 1. The summed E-state index contributed by atoms with van der Waals surface area (Å²) < 4.78 is 10.8. The first-order chi connectivity index (χ1) is 11.6. The van der Waals surface area contributed by atoms with Gasteiger partial charge in [0.1, 0.15) is 18.1 Å². The summed E-state index contributed by atoms with van der Waals surface area (Å²) in [7, 11) is 1.60. The van der Waals surface area contributed by atoms with Crippen molar-refractivity contribution >= 4 is 41.1 Å². The van der Waals surface area contributed by atoms with Gasteiger partial charge in [0.2, 0.25) is 0 Å². The van der Waals surface area contributed by atoms with Gasteiger partial charge in [0.05, 0.1) is 17.2 Å². The van der Waals surface area contributed by atoms with E-state index in [1.54, 1.807) is 31.4 Å². The monoisotopic (exact) mass is 360 g/mol. The second-order valence-electron chi connectivity index (χ2n) is 5.23. The van der Waals surface area contributed by atoms with Crippen LogP contribution in [-0.2, 0) is 4.79 Å². The molecule has 0 bridgehead atoms. The Morgan fingerprint density at radius 2 is 2.00 bits per heavy atom. The first-order valence-corrected chi connectivity index (χ1v) is 8.01. The van der Waals surface area contributed by atoms with E-state index in [-0.39, 0.29) is 12.4 Å². The van der Waals surface area contributed by atoms with Gasteiger partial charge in [-0.25, -0.2) is 0 Å². The van der Waals surface area contributed by atoms with E-state index in [0.29, 0.717) is 21.4 Å². The largest absolute Gasteiger partial charge is 0.497 e. The van der Waals surface area contributed by atoms with Crippen LogP contribution in [0.5, 0.6) is 11.5 Å². The zero-order valence-corrected chi connectivity index (χ0v) is 14.4. The van der Waals surface area contributed by atoms with Crippen molar-refractivity contribution in [3.05, 3.63) is 69.2 Å². The summed E-state index contributed by atoms with van der Waals surface area (Å²) >= 11 is 11.8. The number of allylic oxidation sites excluding steroid dienone is 1. The van der Waals surface area contributed by atoms with E-state index in [1.807, 2.05) is 24.3 Å². The van der Waals surface area contributed by atoms with E-state index < -0.39 is 0 Å². The molecule has 0 saturated heterocycles. The van der Waals surface area contributed by atoms with E-state index in [2.05, 4.69) is 0 Å². The molecule has 0 aromatic heterocycles. The second-order valence-corrected chi connectivity index (χ2v) is 6.05. The standard InChI is InChI=1S/C19H14Cl2O3/c1-23-15-4-7-19-13(10-15)9-14(11-24-19)18(22)6-3-12-2-5-16(20)17(21)8-12/h2-10H,11H2,1H3/b6-3+. The van der Waals surface area contributed by atoms with Gasteiger partial charge >= 0.3 is 0 Å². The van der Waals surface area contributed by atoms with E-state index in [0.717, 1.165) is 16.9 Å². The predicted octanol–water partition coefficient (Wildman–Crippen LogP) is 5.06. The third-order valence-electron chi connectivity index (χ3n) is 3.62. The Labute approximate surface area is 150 Å². The van der Waals surface area contributed by atoms with Gasteiger partial charge in [-0.1, -0.05) is 35.3 Å². The SMILES string of the molecule is COc1ccc2c(c1)C=C(C(=O)/C=C/c1ccc(Cl)c(Cl)c1)CO2. The zero-order valence-electron chi connectivity index (χ0n) is 12.9. The molecule has 0 N–H and O–H groups in total. The van der Waals surface area contributed by atoms with Crippen LogP contribution in [0.2, 0.25) is 10.0 Å². The summed E-state index contributed by atoms with van der Waals surface area (Å²) in [6.45, 7) is 0.240. The third-order valence-corrected chi connectivity index (χ3v) is 4.36. The molecule has 2 aromatic rings. The molecule has 24 heavy (non-hydrogen) atoms. The van der Waals surface area contributed by atoms with Crippen molar-refractivity contribution in [2.45, 2.75) is 0 Å². The molecule has 0 spiro atoms. The quantitative estimate of drug-likeness (QED) is 0.714. The van der Waals surface area contributed by atoms with Crippen LogP contribution in [0.3, 0.4) is 0 Å². The highest BCUT2D eigenvalue weighted by molar-refractivity contribution is 6.42. The van der Waals surface area contributed by atoms with E-state index in [4.69, 9.17) is 32.7 Å². The van der Waals surface area contributed by atoms with Gasteiger partial charge in [0.25, 0.3) is 0 Å². The molecule has 0 radical (unpaired) electrons. The zero-order chi connectivity index (χ0) is 17.1. The van der Waals surface area contributed by atoms with Gasteiger partial charge in [-0.15, -0.1) is 0 Å². The molecule has 1 aliphatic rings. The molecule has 1 heterocycles. The maximum absolute atomic E-state index is 12.4. The van der Waals surface area contributed by atoms with Gasteiger partial charge in [-0.05, 0) is 48.0 Å². The maximum Gasteiger partial charge on any atom is 0.185 e. The molecule has 1 aliphatic heterocycles. The van der Waals surface area contributed by atoms with Crippen LogP contribution in [0.1, 0.15) is 11.1 Å². The Balaban J connectivity index is 1.80. The topological polar surface area (TPSA) is 35.5 Å². The number of benzene rings is 2. The lowest BCUT2D eigenvalue weighted by atomic mass is 10.0. The van der Waals surface area contributed by atoms with Crippen LogP contribution in [-0.4, -0.2) is 19.5 Å². The maximum atomic E-state index is 12.4. The highest BCUT2D eigenvalue weighted by atomic mass is 35.5. The Kier molecular flexibility index (Phi) is 4.93. The molecule has 0 saturated carbocycles. The van der Waals surface area contributed by atoms with E-state index in [9.17, 15) is 4.79 Å². The summed E-state index contributed by atoms with van der Waals surface area (Å²) in [4.78, 5) is 12.4. The summed E-state index contributed by atoms with van der Waals surface area (Å²) in [5.41, 5.74) is 2.20. The molecular weight excluding hydrogens is 347 g/mol. The normalized spacial score (nSPS) is 13.2. The Bertz CT molecular complexity index is 854. The fourth-order valence-corrected chi connectivity index (χ4v) is 2.63. The molecule has 0 aliphatic carbocycles. The fourth-order valence-electron chi connectivity index (χ4n) is 2.32. The Morgan fingerprint density at radius 1 is 1.17 bits per heavy atom. The lowest BCUT2D eigenvalue weighted by Gasteiger charge is -2.17. The number of hydrogen-bond donors (Lipinski definition) is 0. The number of ether oxygens (including phenoxy) is 2. The van der Waals surface area contributed by atoms with Crippen LogP contribution in [0.15, 0.2) is 48.0 Å². The fraction of sp³-hybridized carbons (Fsp3) is 0.105. The highest BCUT2D eigenvalue weighted by Crippen LogP contribution is 2.30. The van der Waals surface area contributed by atoms with Gasteiger partial charge in [0.15, 0.2) is 5.78 Å². The van der Waals surface area contributed by atoms with Crippen molar-refractivity contribution in [2.24, 2.45) is 0 Å². The lowest BCUT2D eigenvalue weighted by molar-refractivity contribution is -0.111. The number of methoxy groups -OCH3 is 1. The van der Waals surface area contributed by atoms with Crippen LogP contribution in [0, 0.1) is 0 Å². The Morgan fingerprint density at radius 3 is 2.75 bits per heavy atom. The summed E-state index contributed by atoms with van der Waals surface area (Å²) in [5.74, 6) is 1.34. The minimum atomic E-state index is -0.116. The van der Waals surface area contributed by atoms with Crippen molar-refractivity contribution in [2.75, 3.05) is 13.7 Å². The van der Waals surface area contributed by atoms with Gasteiger partial charge in [-0.3, -0.25) is 4.79 Å².